The highest BCUT2D eigenvalue weighted by molar-refractivity contribution is 5.96. The zero-order valence-corrected chi connectivity index (χ0v) is 13.3. The van der Waals surface area contributed by atoms with E-state index in [0.717, 1.165) is 18.4 Å². The van der Waals surface area contributed by atoms with Crippen LogP contribution < -0.4 is 10.9 Å². The number of hydrogen-bond donors (Lipinski definition) is 1. The maximum atomic E-state index is 12.5. The van der Waals surface area contributed by atoms with Crippen molar-refractivity contribution in [3.05, 3.63) is 40.3 Å². The van der Waals surface area contributed by atoms with Crippen molar-refractivity contribution >= 4 is 16.9 Å². The van der Waals surface area contributed by atoms with Crippen LogP contribution in [0.25, 0.3) is 11.0 Å². The van der Waals surface area contributed by atoms with Crippen molar-refractivity contribution < 1.29 is 4.79 Å². The van der Waals surface area contributed by atoms with Gasteiger partial charge in [0.05, 0.1) is 0 Å². The summed E-state index contributed by atoms with van der Waals surface area (Å²) < 4.78 is 1.53. The molecule has 2 heterocycles. The highest BCUT2D eigenvalue weighted by atomic mass is 16.2. The van der Waals surface area contributed by atoms with Crippen molar-refractivity contribution in [2.75, 3.05) is 27.2 Å². The summed E-state index contributed by atoms with van der Waals surface area (Å²) in [6.07, 6.45) is 2.49. The van der Waals surface area contributed by atoms with Gasteiger partial charge in [-0.05, 0) is 52.2 Å². The number of pyridine rings is 2. The molecule has 0 spiro atoms. The van der Waals surface area contributed by atoms with Gasteiger partial charge in [0.25, 0.3) is 11.5 Å². The molecule has 6 heteroatoms. The van der Waals surface area contributed by atoms with Crippen molar-refractivity contribution in [1.29, 1.82) is 0 Å². The number of carbonyl (C=O) groups excluding carboxylic acids is 1. The van der Waals surface area contributed by atoms with Gasteiger partial charge in [0.15, 0.2) is 0 Å². The summed E-state index contributed by atoms with van der Waals surface area (Å²) in [6.45, 7) is 3.79. The lowest BCUT2D eigenvalue weighted by Crippen LogP contribution is -2.34. The van der Waals surface area contributed by atoms with Crippen LogP contribution in [0.1, 0.15) is 23.7 Å². The van der Waals surface area contributed by atoms with Crippen molar-refractivity contribution in [2.45, 2.75) is 19.9 Å². The number of nitrogens with zero attached hydrogens (tertiary/aromatic N) is 3. The van der Waals surface area contributed by atoms with Gasteiger partial charge in [-0.25, -0.2) is 4.98 Å². The molecule has 0 unspecified atom stereocenters. The highest BCUT2D eigenvalue weighted by Gasteiger charge is 2.15. The van der Waals surface area contributed by atoms with E-state index in [1.54, 1.807) is 18.3 Å². The quantitative estimate of drug-likeness (QED) is 0.811. The number of nitrogens with one attached hydrogen (secondary N) is 1. The van der Waals surface area contributed by atoms with Gasteiger partial charge in [0, 0.05) is 24.7 Å². The van der Waals surface area contributed by atoms with Gasteiger partial charge in [-0.2, -0.15) is 0 Å². The second-order valence-electron chi connectivity index (χ2n) is 5.44. The predicted octanol–water partition coefficient (Wildman–Crippen LogP) is 1.10. The summed E-state index contributed by atoms with van der Waals surface area (Å²) in [7, 11) is 3.97. The molecule has 2 aromatic heterocycles. The van der Waals surface area contributed by atoms with Crippen LogP contribution in [0.3, 0.4) is 0 Å². The Morgan fingerprint density at radius 3 is 2.86 bits per heavy atom. The molecule has 0 aromatic carbocycles. The molecular weight excluding hydrogens is 280 g/mol. The zero-order valence-electron chi connectivity index (χ0n) is 13.3. The number of fused-ring (bicyclic) bond motifs is 1. The van der Waals surface area contributed by atoms with Gasteiger partial charge in [-0.1, -0.05) is 0 Å². The lowest BCUT2D eigenvalue weighted by Gasteiger charge is -2.11. The Hall–Kier alpha value is -2.21. The standard InChI is InChI=1S/C16H22N4O2/c1-4-20-14-12(7-5-8-17-14)11-13(16(20)22)15(21)18-9-6-10-19(2)3/h5,7-8,11H,4,6,9-10H2,1-3H3,(H,18,21). The van der Waals surface area contributed by atoms with Crippen LogP contribution in [0.5, 0.6) is 0 Å². The molecule has 0 aliphatic rings. The van der Waals surface area contributed by atoms with E-state index in [4.69, 9.17) is 0 Å². The van der Waals surface area contributed by atoms with Crippen LogP contribution in [-0.2, 0) is 6.54 Å². The summed E-state index contributed by atoms with van der Waals surface area (Å²) in [5.41, 5.74) is 0.491. The molecule has 2 aromatic rings. The summed E-state index contributed by atoms with van der Waals surface area (Å²) in [5, 5.41) is 3.61. The molecule has 1 N–H and O–H groups in total. The minimum Gasteiger partial charge on any atom is -0.352 e. The summed E-state index contributed by atoms with van der Waals surface area (Å²) >= 11 is 0. The third-order valence-corrected chi connectivity index (χ3v) is 3.48. The van der Waals surface area contributed by atoms with E-state index >= 15 is 0 Å². The summed E-state index contributed by atoms with van der Waals surface area (Å²) in [4.78, 5) is 31.0. The third-order valence-electron chi connectivity index (χ3n) is 3.48. The summed E-state index contributed by atoms with van der Waals surface area (Å²) in [6, 6.07) is 5.28. The largest absolute Gasteiger partial charge is 0.352 e. The number of aromatic nitrogens is 2. The van der Waals surface area contributed by atoms with Gasteiger partial charge in [-0.15, -0.1) is 0 Å². The molecule has 1 amide bonds. The molecular formula is C16H22N4O2. The Labute approximate surface area is 129 Å². The lowest BCUT2D eigenvalue weighted by molar-refractivity contribution is 0.0950. The molecule has 0 aliphatic heterocycles. The first-order valence-corrected chi connectivity index (χ1v) is 7.46. The Bertz CT molecular complexity index is 722. The maximum Gasteiger partial charge on any atom is 0.265 e. The fourth-order valence-electron chi connectivity index (χ4n) is 2.35. The van der Waals surface area contributed by atoms with Gasteiger partial charge >= 0.3 is 0 Å². The molecule has 0 radical (unpaired) electrons. The van der Waals surface area contributed by atoms with Crippen LogP contribution in [0.4, 0.5) is 0 Å². The van der Waals surface area contributed by atoms with Crippen LogP contribution >= 0.6 is 0 Å². The van der Waals surface area contributed by atoms with Crippen LogP contribution in [0.15, 0.2) is 29.2 Å². The van der Waals surface area contributed by atoms with Crippen molar-refractivity contribution in [3.63, 3.8) is 0 Å². The van der Waals surface area contributed by atoms with Gasteiger partial charge in [0.1, 0.15) is 11.2 Å². The molecule has 0 fully saturated rings. The van der Waals surface area contributed by atoms with E-state index in [1.165, 1.54) is 4.57 Å². The fraction of sp³-hybridized carbons (Fsp3) is 0.438. The van der Waals surface area contributed by atoms with Gasteiger partial charge in [-0.3, -0.25) is 14.2 Å². The number of amides is 1. The first-order chi connectivity index (χ1) is 10.5. The number of carbonyl (C=O) groups is 1. The molecule has 0 saturated carbocycles. The maximum absolute atomic E-state index is 12.5. The van der Waals surface area contributed by atoms with E-state index in [0.29, 0.717) is 18.7 Å². The fourth-order valence-corrected chi connectivity index (χ4v) is 2.35. The average molecular weight is 302 g/mol. The SMILES string of the molecule is CCn1c(=O)c(C(=O)NCCCN(C)C)cc2cccnc21. The average Bonchev–Trinajstić information content (AvgIpc) is 2.50. The lowest BCUT2D eigenvalue weighted by atomic mass is 10.2. The minimum atomic E-state index is -0.322. The molecule has 118 valence electrons. The van der Waals surface area contributed by atoms with Crippen molar-refractivity contribution in [2.24, 2.45) is 0 Å². The monoisotopic (exact) mass is 302 g/mol. The first kappa shape index (κ1) is 16.2. The van der Waals surface area contributed by atoms with E-state index in [1.807, 2.05) is 27.1 Å². The Kier molecular flexibility index (Phi) is 5.27. The second kappa shape index (κ2) is 7.17. The van der Waals surface area contributed by atoms with Crippen molar-refractivity contribution in [3.8, 4) is 0 Å². The molecule has 0 bridgehead atoms. The molecule has 2 rings (SSSR count). The van der Waals surface area contributed by atoms with Crippen LogP contribution in [0, 0.1) is 0 Å². The molecule has 22 heavy (non-hydrogen) atoms. The Balaban J connectivity index is 2.25. The number of hydrogen-bond acceptors (Lipinski definition) is 4. The summed E-state index contributed by atoms with van der Waals surface area (Å²) in [5.74, 6) is -0.322. The molecule has 0 saturated heterocycles. The zero-order chi connectivity index (χ0) is 16.1. The minimum absolute atomic E-state index is 0.173. The molecule has 6 nitrogen and oxygen atoms in total. The topological polar surface area (TPSA) is 67.2 Å². The third kappa shape index (κ3) is 3.51. The predicted molar refractivity (Wildman–Crippen MR) is 87.2 cm³/mol. The Morgan fingerprint density at radius 2 is 2.18 bits per heavy atom. The molecule has 0 atom stereocenters. The Morgan fingerprint density at radius 1 is 1.41 bits per heavy atom. The number of rotatable bonds is 6. The van der Waals surface area contributed by atoms with Crippen molar-refractivity contribution in [1.82, 2.24) is 19.8 Å². The second-order valence-corrected chi connectivity index (χ2v) is 5.44. The van der Waals surface area contributed by atoms with Gasteiger partial charge < -0.3 is 10.2 Å². The number of aryl methyl sites for hydroxylation is 1. The normalized spacial score (nSPS) is 11.1. The molecule has 0 aliphatic carbocycles. The van der Waals surface area contributed by atoms with E-state index in [2.05, 4.69) is 15.2 Å². The van der Waals surface area contributed by atoms with Gasteiger partial charge in [0.2, 0.25) is 0 Å². The van der Waals surface area contributed by atoms with Crippen LogP contribution in [0.2, 0.25) is 0 Å². The highest BCUT2D eigenvalue weighted by Crippen LogP contribution is 2.10. The first-order valence-electron chi connectivity index (χ1n) is 7.46. The van der Waals surface area contributed by atoms with Crippen LogP contribution in [-0.4, -0.2) is 47.5 Å². The van der Waals surface area contributed by atoms with E-state index in [-0.39, 0.29) is 17.0 Å². The smallest absolute Gasteiger partial charge is 0.265 e. The van der Waals surface area contributed by atoms with E-state index in [9.17, 15) is 9.59 Å². The van der Waals surface area contributed by atoms with E-state index < -0.39 is 0 Å².